The number of aromatic amines is 1. The van der Waals surface area contributed by atoms with Crippen molar-refractivity contribution in [2.45, 2.75) is 12.3 Å². The Morgan fingerprint density at radius 2 is 2.00 bits per heavy atom. The van der Waals surface area contributed by atoms with E-state index in [-0.39, 0.29) is 11.7 Å². The number of aromatic nitrogens is 3. The fraction of sp³-hybridized carbons (Fsp3) is 0.286. The van der Waals surface area contributed by atoms with Crippen LogP contribution in [-0.2, 0) is 4.79 Å². The maximum Gasteiger partial charge on any atom is 0.245 e. The molecule has 1 amide bonds. The van der Waals surface area contributed by atoms with E-state index in [1.807, 2.05) is 23.1 Å². The number of carbonyl (C=O) groups excluding carboxylic acids is 1. The summed E-state index contributed by atoms with van der Waals surface area (Å²) in [5.41, 5.74) is 3.25. The summed E-state index contributed by atoms with van der Waals surface area (Å²) in [7, 11) is 0. The second-order valence-corrected chi connectivity index (χ2v) is 7.50. The van der Waals surface area contributed by atoms with Crippen molar-refractivity contribution in [1.29, 1.82) is 0 Å². The topological polar surface area (TPSA) is 82.1 Å². The van der Waals surface area contributed by atoms with Gasteiger partial charge >= 0.3 is 0 Å². The fourth-order valence-electron chi connectivity index (χ4n) is 4.66. The average molecular weight is 360 g/mol. The molecule has 2 N–H and O–H groups in total. The van der Waals surface area contributed by atoms with Crippen LogP contribution < -0.4 is 0 Å². The number of hydrogen-bond acceptors (Lipinski definition) is 4. The molecule has 0 radical (unpaired) electrons. The monoisotopic (exact) mass is 360 g/mol. The van der Waals surface area contributed by atoms with Crippen molar-refractivity contribution in [3.63, 3.8) is 0 Å². The van der Waals surface area contributed by atoms with Gasteiger partial charge in [-0.25, -0.2) is 0 Å². The van der Waals surface area contributed by atoms with E-state index in [1.165, 1.54) is 11.8 Å². The van der Waals surface area contributed by atoms with Crippen LogP contribution in [0.5, 0.6) is 5.75 Å². The molecule has 6 rings (SSSR count). The number of phenolic OH excluding ortho intramolecular Hbond substituents is 1. The molecule has 3 aliphatic rings. The van der Waals surface area contributed by atoms with Crippen LogP contribution in [0.3, 0.4) is 0 Å². The molecule has 0 spiro atoms. The Morgan fingerprint density at radius 1 is 1.22 bits per heavy atom. The van der Waals surface area contributed by atoms with Crippen molar-refractivity contribution in [2.75, 3.05) is 13.1 Å². The number of hydrogen-bond donors (Lipinski definition) is 2. The third kappa shape index (κ3) is 2.51. The molecular weight excluding hydrogens is 340 g/mol. The summed E-state index contributed by atoms with van der Waals surface area (Å²) in [5, 5.41) is 19.6. The summed E-state index contributed by atoms with van der Waals surface area (Å²) in [5.74, 6) is 1.61. The third-order valence-corrected chi connectivity index (χ3v) is 5.95. The molecule has 2 saturated heterocycles. The summed E-state index contributed by atoms with van der Waals surface area (Å²) < 4.78 is 0. The van der Waals surface area contributed by atoms with Gasteiger partial charge in [0, 0.05) is 35.7 Å². The fourth-order valence-corrected chi connectivity index (χ4v) is 4.66. The Morgan fingerprint density at radius 3 is 2.74 bits per heavy atom. The van der Waals surface area contributed by atoms with Gasteiger partial charge in [-0.15, -0.1) is 10.2 Å². The number of aromatic hydroxyl groups is 1. The minimum absolute atomic E-state index is 0.0259. The number of fused-ring (bicyclic) bond motifs is 3. The molecule has 3 fully saturated rings. The van der Waals surface area contributed by atoms with Crippen molar-refractivity contribution in [3.8, 4) is 17.0 Å². The average Bonchev–Trinajstić information content (AvgIpc) is 3.09. The number of piperidine rings is 2. The Bertz CT molecular complexity index is 1050. The highest BCUT2D eigenvalue weighted by Gasteiger charge is 2.48. The summed E-state index contributed by atoms with van der Waals surface area (Å²) in [6.07, 6.45) is 2.56. The zero-order valence-corrected chi connectivity index (χ0v) is 14.8. The predicted octanol–water partition coefficient (Wildman–Crippen LogP) is 3.08. The molecule has 27 heavy (non-hydrogen) atoms. The molecule has 2 bridgehead atoms. The Balaban J connectivity index is 1.44. The van der Waals surface area contributed by atoms with Gasteiger partial charge in [-0.3, -0.25) is 4.79 Å². The predicted molar refractivity (Wildman–Crippen MR) is 102 cm³/mol. The summed E-state index contributed by atoms with van der Waals surface area (Å²) >= 11 is 0. The number of carbonyl (C=O) groups is 1. The van der Waals surface area contributed by atoms with Crippen molar-refractivity contribution in [2.24, 2.45) is 11.8 Å². The SMILES string of the molecule is C=CC(=O)N1CC2CC(C1)C2c1cc2cc(-c3ccccc3O)nnc2[nH]1. The van der Waals surface area contributed by atoms with Crippen molar-refractivity contribution < 1.29 is 9.90 Å². The molecule has 6 nitrogen and oxygen atoms in total. The minimum Gasteiger partial charge on any atom is -0.507 e. The van der Waals surface area contributed by atoms with Crippen LogP contribution in [0.4, 0.5) is 0 Å². The van der Waals surface area contributed by atoms with Crippen molar-refractivity contribution in [3.05, 3.63) is 54.7 Å². The van der Waals surface area contributed by atoms with Gasteiger partial charge < -0.3 is 15.0 Å². The minimum atomic E-state index is 0.0259. The molecular formula is C21H20N4O2. The molecule has 1 saturated carbocycles. The lowest BCUT2D eigenvalue weighted by atomic mass is 9.60. The summed E-state index contributed by atoms with van der Waals surface area (Å²) in [6.45, 7) is 5.17. The van der Waals surface area contributed by atoms with Gasteiger partial charge in [0.25, 0.3) is 0 Å². The van der Waals surface area contributed by atoms with Crippen molar-refractivity contribution in [1.82, 2.24) is 20.1 Å². The number of nitrogens with zero attached hydrogens (tertiary/aromatic N) is 3. The first-order valence-corrected chi connectivity index (χ1v) is 9.20. The van der Waals surface area contributed by atoms with E-state index in [0.717, 1.165) is 30.5 Å². The van der Waals surface area contributed by atoms with E-state index in [1.54, 1.807) is 12.1 Å². The van der Waals surface area contributed by atoms with Gasteiger partial charge in [-0.05, 0) is 48.6 Å². The highest BCUT2D eigenvalue weighted by Crippen LogP contribution is 2.51. The smallest absolute Gasteiger partial charge is 0.245 e. The molecule has 1 aromatic carbocycles. The maximum atomic E-state index is 11.9. The molecule has 2 aromatic heterocycles. The largest absolute Gasteiger partial charge is 0.507 e. The summed E-state index contributed by atoms with van der Waals surface area (Å²) in [4.78, 5) is 17.2. The Labute approximate surface area is 156 Å². The second-order valence-electron chi connectivity index (χ2n) is 7.50. The van der Waals surface area contributed by atoms with Crippen LogP contribution in [0.2, 0.25) is 0 Å². The molecule has 1 aliphatic carbocycles. The zero-order chi connectivity index (χ0) is 18.5. The van der Waals surface area contributed by atoms with Crippen LogP contribution in [0.25, 0.3) is 22.3 Å². The number of benzene rings is 1. The molecule has 2 atom stereocenters. The van der Waals surface area contributed by atoms with Gasteiger partial charge in [-0.1, -0.05) is 18.7 Å². The van der Waals surface area contributed by atoms with E-state index >= 15 is 0 Å². The van der Waals surface area contributed by atoms with Gasteiger partial charge in [0.05, 0.1) is 5.69 Å². The maximum absolute atomic E-state index is 11.9. The first kappa shape index (κ1) is 16.1. The second kappa shape index (κ2) is 5.94. The van der Waals surface area contributed by atoms with E-state index in [0.29, 0.717) is 29.0 Å². The first-order chi connectivity index (χ1) is 13.1. The normalized spacial score (nSPS) is 23.9. The van der Waals surface area contributed by atoms with Crippen LogP contribution in [0.15, 0.2) is 49.1 Å². The number of nitrogens with one attached hydrogen (secondary N) is 1. The third-order valence-electron chi connectivity index (χ3n) is 5.95. The quantitative estimate of drug-likeness (QED) is 0.703. The highest BCUT2D eigenvalue weighted by atomic mass is 16.3. The molecule has 3 aromatic rings. The molecule has 136 valence electrons. The Kier molecular flexibility index (Phi) is 3.53. The molecule has 2 unspecified atom stereocenters. The number of para-hydroxylation sites is 1. The summed E-state index contributed by atoms with van der Waals surface area (Å²) in [6, 6.07) is 11.2. The van der Waals surface area contributed by atoms with Crippen LogP contribution in [0.1, 0.15) is 18.0 Å². The lowest BCUT2D eigenvalue weighted by Crippen LogP contribution is -2.55. The number of rotatable bonds is 3. The van der Waals surface area contributed by atoms with Gasteiger partial charge in [0.2, 0.25) is 5.91 Å². The van der Waals surface area contributed by atoms with E-state index in [4.69, 9.17) is 0 Å². The molecule has 4 heterocycles. The van der Waals surface area contributed by atoms with Crippen molar-refractivity contribution >= 4 is 16.9 Å². The number of phenols is 1. The zero-order valence-electron chi connectivity index (χ0n) is 14.8. The van der Waals surface area contributed by atoms with Gasteiger partial charge in [-0.2, -0.15) is 0 Å². The van der Waals surface area contributed by atoms with Gasteiger partial charge in [0.1, 0.15) is 5.75 Å². The molecule has 2 aliphatic heterocycles. The lowest BCUT2D eigenvalue weighted by molar-refractivity contribution is -0.133. The number of amides is 1. The molecule has 6 heteroatoms. The van der Waals surface area contributed by atoms with Crippen LogP contribution >= 0.6 is 0 Å². The first-order valence-electron chi connectivity index (χ1n) is 9.20. The van der Waals surface area contributed by atoms with Gasteiger partial charge in [0.15, 0.2) is 5.65 Å². The lowest BCUT2D eigenvalue weighted by Gasteiger charge is -2.53. The van der Waals surface area contributed by atoms with E-state index < -0.39 is 0 Å². The Hall–Kier alpha value is -3.15. The van der Waals surface area contributed by atoms with E-state index in [2.05, 4.69) is 27.8 Å². The van der Waals surface area contributed by atoms with E-state index in [9.17, 15) is 9.90 Å². The van der Waals surface area contributed by atoms with Crippen LogP contribution in [0, 0.1) is 11.8 Å². The van der Waals surface area contributed by atoms with Crippen LogP contribution in [-0.4, -0.2) is 44.2 Å². The highest BCUT2D eigenvalue weighted by molar-refractivity contribution is 5.87. The standard InChI is InChI=1S/C21H20N4O2/c1-2-19(27)25-10-13-7-14(11-25)20(13)17-9-12-8-16(23-24-21(12)22-17)15-5-3-4-6-18(15)26/h2-6,8-9,13-14,20,26H,1,7,10-11H2,(H,22,24). The number of H-pyrrole nitrogens is 1.